The van der Waals surface area contributed by atoms with E-state index >= 15 is 0 Å². The van der Waals surface area contributed by atoms with Gasteiger partial charge in [0.15, 0.2) is 5.58 Å². The molecule has 0 radical (unpaired) electrons. The van der Waals surface area contributed by atoms with E-state index in [0.717, 1.165) is 16.6 Å². The minimum Gasteiger partial charge on any atom is -0.408 e. The van der Waals surface area contributed by atoms with Gasteiger partial charge in [0.05, 0.1) is 5.52 Å². The van der Waals surface area contributed by atoms with Gasteiger partial charge in [0.25, 0.3) is 0 Å². The number of nitrogens with zero attached hydrogens (tertiary/aromatic N) is 4. The first kappa shape index (κ1) is 13.5. The lowest BCUT2D eigenvalue weighted by Crippen LogP contribution is -2.13. The first-order valence-corrected chi connectivity index (χ1v) is 7.22. The van der Waals surface area contributed by atoms with Crippen LogP contribution in [0.1, 0.15) is 17.2 Å². The van der Waals surface area contributed by atoms with E-state index in [1.54, 1.807) is 18.1 Å². The quantitative estimate of drug-likeness (QED) is 0.583. The fourth-order valence-electron chi connectivity index (χ4n) is 2.80. The van der Waals surface area contributed by atoms with Crippen LogP contribution in [0.4, 0.5) is 0 Å². The molecule has 0 saturated heterocycles. The van der Waals surface area contributed by atoms with Gasteiger partial charge in [0.2, 0.25) is 0 Å². The van der Waals surface area contributed by atoms with Crippen LogP contribution in [-0.4, -0.2) is 19.3 Å². The van der Waals surface area contributed by atoms with E-state index in [4.69, 9.17) is 4.42 Å². The summed E-state index contributed by atoms with van der Waals surface area (Å²) in [6, 6.07) is 15.7. The van der Waals surface area contributed by atoms with Crippen molar-refractivity contribution in [1.82, 2.24) is 19.3 Å². The number of fused-ring (bicyclic) bond motifs is 1. The van der Waals surface area contributed by atoms with Crippen molar-refractivity contribution in [3.05, 3.63) is 82.9 Å². The Labute approximate surface area is 131 Å². The molecule has 4 rings (SSSR count). The molecule has 2 heterocycles. The summed E-state index contributed by atoms with van der Waals surface area (Å²) >= 11 is 0. The molecule has 0 fully saturated rings. The van der Waals surface area contributed by atoms with Gasteiger partial charge in [0, 0.05) is 7.05 Å². The maximum Gasteiger partial charge on any atom is 0.419 e. The molecule has 2 aromatic heterocycles. The molecule has 114 valence electrons. The number of hydrogen-bond acceptors (Lipinski definition) is 4. The van der Waals surface area contributed by atoms with Crippen LogP contribution in [0.25, 0.3) is 11.1 Å². The van der Waals surface area contributed by atoms with Crippen LogP contribution >= 0.6 is 0 Å². The molecule has 23 heavy (non-hydrogen) atoms. The van der Waals surface area contributed by atoms with Gasteiger partial charge >= 0.3 is 5.76 Å². The van der Waals surface area contributed by atoms with E-state index in [2.05, 4.69) is 10.1 Å². The summed E-state index contributed by atoms with van der Waals surface area (Å²) < 4.78 is 8.50. The van der Waals surface area contributed by atoms with Crippen LogP contribution in [0.15, 0.2) is 70.4 Å². The van der Waals surface area contributed by atoms with Crippen LogP contribution in [0.2, 0.25) is 0 Å². The highest BCUT2D eigenvalue weighted by molar-refractivity contribution is 5.74. The summed E-state index contributed by atoms with van der Waals surface area (Å²) in [6.45, 7) is 0. The molecule has 0 N–H and O–H groups in total. The molecule has 0 aliphatic rings. The standard InChI is InChI=1S/C17H14N4O2/c1-20-14-9-13(7-8-15(14)23-17(20)22)16(21-11-18-10-19-21)12-5-3-2-4-6-12/h2-11,16H,1H3. The lowest BCUT2D eigenvalue weighted by atomic mass is 9.98. The van der Waals surface area contributed by atoms with E-state index < -0.39 is 0 Å². The Morgan fingerprint density at radius 2 is 1.91 bits per heavy atom. The topological polar surface area (TPSA) is 65.8 Å². The SMILES string of the molecule is Cn1c(=O)oc2ccc(C(c3ccccc3)n3cncn3)cc21. The average Bonchev–Trinajstić information content (AvgIpc) is 3.19. The molecule has 0 spiro atoms. The highest BCUT2D eigenvalue weighted by Crippen LogP contribution is 2.28. The maximum absolute atomic E-state index is 11.7. The number of oxazole rings is 1. The van der Waals surface area contributed by atoms with Gasteiger partial charge in [-0.1, -0.05) is 36.4 Å². The second kappa shape index (κ2) is 5.24. The van der Waals surface area contributed by atoms with Gasteiger partial charge in [0.1, 0.15) is 18.7 Å². The minimum atomic E-state index is -0.367. The molecular weight excluding hydrogens is 292 g/mol. The van der Waals surface area contributed by atoms with Crippen molar-refractivity contribution < 1.29 is 4.42 Å². The average molecular weight is 306 g/mol. The molecule has 6 nitrogen and oxygen atoms in total. The van der Waals surface area contributed by atoms with E-state index in [0.29, 0.717) is 5.58 Å². The minimum absolute atomic E-state index is 0.117. The lowest BCUT2D eigenvalue weighted by molar-refractivity contribution is 0.528. The number of rotatable bonds is 3. The summed E-state index contributed by atoms with van der Waals surface area (Å²) in [7, 11) is 1.70. The Balaban J connectivity index is 1.93. The Morgan fingerprint density at radius 1 is 1.09 bits per heavy atom. The van der Waals surface area contributed by atoms with E-state index in [-0.39, 0.29) is 11.8 Å². The molecule has 1 atom stereocenters. The Bertz CT molecular complexity index is 1000. The van der Waals surface area contributed by atoms with Crippen LogP contribution in [0, 0.1) is 0 Å². The smallest absolute Gasteiger partial charge is 0.408 e. The van der Waals surface area contributed by atoms with Crippen molar-refractivity contribution in [3.8, 4) is 0 Å². The zero-order chi connectivity index (χ0) is 15.8. The second-order valence-corrected chi connectivity index (χ2v) is 5.34. The third kappa shape index (κ3) is 2.24. The van der Waals surface area contributed by atoms with Gasteiger partial charge in [-0.05, 0) is 23.3 Å². The van der Waals surface area contributed by atoms with Crippen molar-refractivity contribution in [3.63, 3.8) is 0 Å². The predicted octanol–water partition coefficient (Wildman–Crippen LogP) is 2.36. The first-order valence-electron chi connectivity index (χ1n) is 7.22. The number of hydrogen-bond donors (Lipinski definition) is 0. The van der Waals surface area contributed by atoms with Crippen LogP contribution < -0.4 is 5.76 Å². The zero-order valence-corrected chi connectivity index (χ0v) is 12.5. The molecule has 0 saturated carbocycles. The fraction of sp³-hybridized carbons (Fsp3) is 0.118. The van der Waals surface area contributed by atoms with E-state index in [1.165, 1.54) is 10.9 Å². The highest BCUT2D eigenvalue weighted by atomic mass is 16.4. The number of aromatic nitrogens is 4. The van der Waals surface area contributed by atoms with Crippen molar-refractivity contribution in [2.75, 3.05) is 0 Å². The Morgan fingerprint density at radius 3 is 2.65 bits per heavy atom. The maximum atomic E-state index is 11.7. The Hall–Kier alpha value is -3.15. The zero-order valence-electron chi connectivity index (χ0n) is 12.5. The molecule has 0 aliphatic heterocycles. The van der Waals surface area contributed by atoms with Crippen molar-refractivity contribution in [2.24, 2.45) is 7.05 Å². The van der Waals surface area contributed by atoms with Crippen LogP contribution in [0.3, 0.4) is 0 Å². The Kier molecular flexibility index (Phi) is 3.08. The van der Waals surface area contributed by atoms with Gasteiger partial charge < -0.3 is 4.42 Å². The van der Waals surface area contributed by atoms with Crippen molar-refractivity contribution in [2.45, 2.75) is 6.04 Å². The first-order chi connectivity index (χ1) is 11.2. The molecule has 1 unspecified atom stereocenters. The molecule has 2 aromatic carbocycles. The largest absolute Gasteiger partial charge is 0.419 e. The normalized spacial score (nSPS) is 12.6. The number of aryl methyl sites for hydroxylation is 1. The lowest BCUT2D eigenvalue weighted by Gasteiger charge is -2.18. The van der Waals surface area contributed by atoms with Crippen molar-refractivity contribution >= 4 is 11.1 Å². The van der Waals surface area contributed by atoms with Crippen LogP contribution in [0.5, 0.6) is 0 Å². The van der Waals surface area contributed by atoms with E-state index in [9.17, 15) is 4.79 Å². The summed E-state index contributed by atoms with van der Waals surface area (Å²) in [5.74, 6) is -0.367. The van der Waals surface area contributed by atoms with Gasteiger partial charge in [-0.3, -0.25) is 4.57 Å². The summed E-state index contributed by atoms with van der Waals surface area (Å²) in [5.41, 5.74) is 3.43. The second-order valence-electron chi connectivity index (χ2n) is 5.34. The monoisotopic (exact) mass is 306 g/mol. The van der Waals surface area contributed by atoms with E-state index in [1.807, 2.05) is 48.5 Å². The third-order valence-corrected chi connectivity index (χ3v) is 3.95. The molecule has 0 aliphatic carbocycles. The molecule has 0 bridgehead atoms. The van der Waals surface area contributed by atoms with Gasteiger partial charge in [-0.15, -0.1) is 0 Å². The number of benzene rings is 2. The summed E-state index contributed by atoms with van der Waals surface area (Å²) in [5, 5.41) is 4.29. The molecule has 0 amide bonds. The summed E-state index contributed by atoms with van der Waals surface area (Å²) in [4.78, 5) is 15.7. The highest BCUT2D eigenvalue weighted by Gasteiger charge is 2.18. The van der Waals surface area contributed by atoms with Crippen LogP contribution in [-0.2, 0) is 7.05 Å². The van der Waals surface area contributed by atoms with Gasteiger partial charge in [-0.25, -0.2) is 14.5 Å². The third-order valence-electron chi connectivity index (χ3n) is 3.95. The summed E-state index contributed by atoms with van der Waals surface area (Å²) in [6.07, 6.45) is 3.21. The predicted molar refractivity (Wildman–Crippen MR) is 85.2 cm³/mol. The molecule has 6 heteroatoms. The molecular formula is C17H14N4O2. The van der Waals surface area contributed by atoms with Gasteiger partial charge in [-0.2, -0.15) is 5.10 Å². The fourth-order valence-corrected chi connectivity index (χ4v) is 2.80. The van der Waals surface area contributed by atoms with Crippen molar-refractivity contribution in [1.29, 1.82) is 0 Å². The molecule has 4 aromatic rings.